The van der Waals surface area contributed by atoms with Crippen molar-refractivity contribution < 1.29 is 0 Å². The number of hydrogen-bond donors (Lipinski definition) is 2. The van der Waals surface area contributed by atoms with Crippen LogP contribution in [-0.2, 0) is 5.54 Å². The van der Waals surface area contributed by atoms with Gasteiger partial charge in [0.25, 0.3) is 0 Å². The summed E-state index contributed by atoms with van der Waals surface area (Å²) < 4.78 is 2.24. The normalized spacial score (nSPS) is 11.9. The maximum Gasteiger partial charge on any atom is 0.0738 e. The lowest BCUT2D eigenvalue weighted by molar-refractivity contribution is 0.268. The Morgan fingerprint density at radius 1 is 0.939 bits per heavy atom. The third kappa shape index (κ3) is 5.91. The predicted molar refractivity (Wildman–Crippen MR) is 143 cm³/mol. The number of aromatic nitrogens is 2. The monoisotopic (exact) mass is 468 g/mol. The molecule has 2 aromatic heterocycles. The first kappa shape index (κ1) is 25.6. The van der Waals surface area contributed by atoms with Crippen molar-refractivity contribution >= 4 is 28.2 Å². The molecule has 0 radical (unpaired) electrons. The molecule has 2 N–H and O–H groups in total. The van der Waals surface area contributed by atoms with Crippen LogP contribution in [0.5, 0.6) is 0 Å². The molecule has 2 heterocycles. The summed E-state index contributed by atoms with van der Waals surface area (Å²) in [7, 11) is 0. The molecule has 0 saturated heterocycles. The van der Waals surface area contributed by atoms with Gasteiger partial charge in [0.15, 0.2) is 0 Å². The van der Waals surface area contributed by atoms with E-state index in [0.29, 0.717) is 5.02 Å². The first-order valence-electron chi connectivity index (χ1n) is 12.7. The first-order valence-corrected chi connectivity index (χ1v) is 13.1. The second-order valence-corrected chi connectivity index (χ2v) is 9.76. The third-order valence-electron chi connectivity index (χ3n) is 6.79. The van der Waals surface area contributed by atoms with Crippen LogP contribution in [0.3, 0.4) is 0 Å². The average molecular weight is 469 g/mol. The van der Waals surface area contributed by atoms with Crippen molar-refractivity contribution in [2.75, 3.05) is 12.0 Å². The lowest BCUT2D eigenvalue weighted by Gasteiger charge is -2.36. The highest BCUT2D eigenvalue weighted by Gasteiger charge is 2.34. The Kier molecular flexibility index (Phi) is 9.22. The molecule has 0 spiro atoms. The first-order chi connectivity index (χ1) is 16.0. The van der Waals surface area contributed by atoms with E-state index in [4.69, 9.17) is 11.6 Å². The van der Waals surface area contributed by atoms with Gasteiger partial charge in [-0.1, -0.05) is 64.5 Å². The Balaban J connectivity index is 2.02. The van der Waals surface area contributed by atoms with Crippen LogP contribution >= 0.6 is 11.6 Å². The van der Waals surface area contributed by atoms with E-state index in [-0.39, 0.29) is 5.54 Å². The van der Waals surface area contributed by atoms with Gasteiger partial charge in [0, 0.05) is 33.5 Å². The topological polar surface area (TPSA) is 41.9 Å². The van der Waals surface area contributed by atoms with E-state index >= 15 is 0 Å². The van der Waals surface area contributed by atoms with E-state index in [0.717, 1.165) is 23.1 Å². The van der Waals surface area contributed by atoms with Crippen LogP contribution < -0.4 is 10.7 Å². The van der Waals surface area contributed by atoms with Gasteiger partial charge in [-0.05, 0) is 75.5 Å². The number of unbranched alkanes of at least 4 members (excludes halogenated alkanes) is 3. The van der Waals surface area contributed by atoms with Gasteiger partial charge >= 0.3 is 0 Å². The molecule has 0 aliphatic rings. The zero-order valence-electron chi connectivity index (χ0n) is 21.1. The highest BCUT2D eigenvalue weighted by atomic mass is 35.5. The van der Waals surface area contributed by atoms with E-state index in [1.54, 1.807) is 0 Å². The minimum absolute atomic E-state index is 0.0246. The molecule has 0 unspecified atom stereocenters. The Labute approximate surface area is 205 Å². The van der Waals surface area contributed by atoms with Gasteiger partial charge < -0.3 is 5.32 Å². The summed E-state index contributed by atoms with van der Waals surface area (Å²) >= 11 is 6.20. The van der Waals surface area contributed by atoms with Crippen molar-refractivity contribution in [2.24, 2.45) is 0 Å². The van der Waals surface area contributed by atoms with Crippen LogP contribution in [0, 0.1) is 13.8 Å². The Hall–Kier alpha value is -2.04. The number of pyridine rings is 1. The van der Waals surface area contributed by atoms with Crippen molar-refractivity contribution in [3.05, 3.63) is 58.5 Å². The third-order valence-corrected chi connectivity index (χ3v) is 7.03. The Bertz CT molecular complexity index is 1030. The standard InChI is InChI=1S/C28H41ClN4/c1-6-9-15-28(16-10-7-2,31-17-11-8-3)25-19-21(4)33(22(25)5)32-26-14-18-30-27-20-23(29)12-13-24(26)27/h12-14,18-20,31H,6-11,15-17H2,1-5H3,(H,30,32). The van der Waals surface area contributed by atoms with Crippen molar-refractivity contribution in [1.82, 2.24) is 15.0 Å². The van der Waals surface area contributed by atoms with Crippen molar-refractivity contribution in [2.45, 2.75) is 91.5 Å². The molecular weight excluding hydrogens is 428 g/mol. The number of halogens is 1. The van der Waals surface area contributed by atoms with Gasteiger partial charge in [-0.3, -0.25) is 15.1 Å². The highest BCUT2D eigenvalue weighted by Crippen LogP contribution is 2.37. The molecule has 0 bridgehead atoms. The number of aryl methyl sites for hydroxylation is 1. The molecule has 3 aromatic rings. The fraction of sp³-hybridized carbons (Fsp3) is 0.536. The molecule has 3 rings (SSSR count). The van der Waals surface area contributed by atoms with Crippen LogP contribution in [0.1, 0.15) is 89.1 Å². The number of nitrogens with one attached hydrogen (secondary N) is 2. The summed E-state index contributed by atoms with van der Waals surface area (Å²) in [6.07, 6.45) is 11.5. The van der Waals surface area contributed by atoms with E-state index in [1.807, 2.05) is 30.5 Å². The number of benzene rings is 1. The largest absolute Gasteiger partial charge is 0.307 e. The predicted octanol–water partition coefficient (Wildman–Crippen LogP) is 8.15. The fourth-order valence-corrected chi connectivity index (χ4v) is 5.05. The van der Waals surface area contributed by atoms with Crippen LogP contribution in [0.25, 0.3) is 10.9 Å². The minimum atomic E-state index is 0.0246. The SMILES string of the molecule is CCCCNC(CCCC)(CCCC)c1cc(C)n(Nc2ccnc3cc(Cl)ccc23)c1C. The van der Waals surface area contributed by atoms with Crippen LogP contribution in [0.2, 0.25) is 5.02 Å². The quantitative estimate of drug-likeness (QED) is 0.248. The summed E-state index contributed by atoms with van der Waals surface area (Å²) in [6.45, 7) is 12.4. The Morgan fingerprint density at radius 3 is 2.30 bits per heavy atom. The van der Waals surface area contributed by atoms with Crippen molar-refractivity contribution in [3.63, 3.8) is 0 Å². The van der Waals surface area contributed by atoms with Gasteiger partial charge in [-0.15, -0.1) is 0 Å². The lowest BCUT2D eigenvalue weighted by Crippen LogP contribution is -2.43. The summed E-state index contributed by atoms with van der Waals surface area (Å²) in [4.78, 5) is 4.50. The summed E-state index contributed by atoms with van der Waals surface area (Å²) in [5.74, 6) is 0. The van der Waals surface area contributed by atoms with E-state index in [9.17, 15) is 0 Å². The highest BCUT2D eigenvalue weighted by molar-refractivity contribution is 6.31. The molecule has 5 heteroatoms. The summed E-state index contributed by atoms with van der Waals surface area (Å²) in [6, 6.07) is 10.3. The summed E-state index contributed by atoms with van der Waals surface area (Å²) in [5.41, 5.74) is 9.58. The van der Waals surface area contributed by atoms with E-state index in [1.165, 1.54) is 68.3 Å². The number of nitrogens with zero attached hydrogens (tertiary/aromatic N) is 2. The summed E-state index contributed by atoms with van der Waals surface area (Å²) in [5, 5.41) is 5.81. The average Bonchev–Trinajstić information content (AvgIpc) is 3.09. The molecular formula is C28H41ClN4. The second kappa shape index (κ2) is 11.9. The van der Waals surface area contributed by atoms with Gasteiger partial charge in [0.05, 0.1) is 11.2 Å². The molecule has 180 valence electrons. The van der Waals surface area contributed by atoms with Crippen molar-refractivity contribution in [3.8, 4) is 0 Å². The number of fused-ring (bicyclic) bond motifs is 1. The molecule has 0 aliphatic heterocycles. The maximum atomic E-state index is 6.20. The van der Waals surface area contributed by atoms with E-state index < -0.39 is 0 Å². The molecule has 4 nitrogen and oxygen atoms in total. The Morgan fingerprint density at radius 2 is 1.64 bits per heavy atom. The molecule has 0 aliphatic carbocycles. The molecule has 33 heavy (non-hydrogen) atoms. The maximum absolute atomic E-state index is 6.20. The molecule has 1 aromatic carbocycles. The minimum Gasteiger partial charge on any atom is -0.307 e. The van der Waals surface area contributed by atoms with Crippen LogP contribution in [-0.4, -0.2) is 16.2 Å². The smallest absolute Gasteiger partial charge is 0.0738 e. The van der Waals surface area contributed by atoms with Crippen molar-refractivity contribution in [1.29, 1.82) is 0 Å². The molecule has 0 amide bonds. The van der Waals surface area contributed by atoms with Gasteiger partial charge in [0.2, 0.25) is 0 Å². The molecule has 0 fully saturated rings. The van der Waals surface area contributed by atoms with Gasteiger partial charge in [0.1, 0.15) is 0 Å². The zero-order valence-corrected chi connectivity index (χ0v) is 21.9. The van der Waals surface area contributed by atoms with Gasteiger partial charge in [-0.2, -0.15) is 0 Å². The molecule has 0 atom stereocenters. The lowest BCUT2D eigenvalue weighted by atomic mass is 9.80. The second-order valence-electron chi connectivity index (χ2n) is 9.32. The number of hydrogen-bond acceptors (Lipinski definition) is 3. The van der Waals surface area contributed by atoms with Gasteiger partial charge in [-0.25, -0.2) is 0 Å². The zero-order chi connectivity index (χ0) is 23.8. The van der Waals surface area contributed by atoms with Crippen LogP contribution in [0.4, 0.5) is 5.69 Å². The van der Waals surface area contributed by atoms with E-state index in [2.05, 4.69) is 61.1 Å². The van der Waals surface area contributed by atoms with Crippen LogP contribution in [0.15, 0.2) is 36.5 Å². The molecule has 0 saturated carbocycles. The fourth-order valence-electron chi connectivity index (χ4n) is 4.89. The number of anilines is 1. The number of rotatable bonds is 13.